The van der Waals surface area contributed by atoms with Crippen LogP contribution in [-0.2, 0) is 59.5 Å². The van der Waals surface area contributed by atoms with Gasteiger partial charge in [-0.1, -0.05) is 30.3 Å². The highest BCUT2D eigenvalue weighted by Crippen LogP contribution is 2.45. The second-order valence-corrected chi connectivity index (χ2v) is 14.3. The number of alkyl carbamates (subject to hydrolysis) is 1. The maximum Gasteiger partial charge on any atom is 0.508 e. The predicted molar refractivity (Wildman–Crippen MR) is 188 cm³/mol. The van der Waals surface area contributed by atoms with Crippen LogP contribution >= 0.6 is 11.8 Å². The number of hydrogen-bond acceptors (Lipinski definition) is 14. The summed E-state index contributed by atoms with van der Waals surface area (Å²) in [7, 11) is 0. The second-order valence-electron chi connectivity index (χ2n) is 11.5. The van der Waals surface area contributed by atoms with E-state index in [9.17, 15) is 44.0 Å². The molecule has 1 N–H and O–H groups in total. The van der Waals surface area contributed by atoms with Crippen molar-refractivity contribution >= 4 is 58.4 Å². The quantitative estimate of drug-likeness (QED) is 0.0420. The second kappa shape index (κ2) is 17.7. The Kier molecular flexibility index (Phi) is 12.9. The van der Waals surface area contributed by atoms with Gasteiger partial charge in [-0.15, -0.1) is 11.8 Å². The summed E-state index contributed by atoms with van der Waals surface area (Å²) in [5, 5.41) is 23.2. The first-order chi connectivity index (χ1) is 25.4. The zero-order valence-corrected chi connectivity index (χ0v) is 29.6. The lowest BCUT2D eigenvalue weighted by molar-refractivity contribution is -0.385. The van der Waals surface area contributed by atoms with E-state index in [1.165, 1.54) is 55.5 Å². The molecule has 3 aromatic rings. The Balaban J connectivity index is 1.19. The van der Waals surface area contributed by atoms with E-state index in [1.54, 1.807) is 30.3 Å². The molecule has 0 bridgehead atoms. The maximum absolute atomic E-state index is 13.6. The SMILES string of the molecule is CC(OC(=O)OCc1ccc([N+](=O)[O-])cc1)[C@H]1C(=O)N2C(C(=O)OCc3ccccc3)=C(SCCNC(=O)OCc3ccc([N+](=O)[O-])cc3)C[S+]([O-])[C@@H]12. The average molecular weight is 769 g/mol. The van der Waals surface area contributed by atoms with E-state index in [1.807, 2.05) is 0 Å². The van der Waals surface area contributed by atoms with Gasteiger partial charge in [-0.25, -0.2) is 14.4 Å². The van der Waals surface area contributed by atoms with Gasteiger partial charge in [0.25, 0.3) is 11.4 Å². The summed E-state index contributed by atoms with van der Waals surface area (Å²) in [4.78, 5) is 73.8. The number of nitro benzene ring substituents is 2. The van der Waals surface area contributed by atoms with Crippen molar-refractivity contribution in [2.75, 3.05) is 18.1 Å². The van der Waals surface area contributed by atoms with Crippen molar-refractivity contribution in [1.29, 1.82) is 0 Å². The molecule has 2 aliphatic heterocycles. The number of carbonyl (C=O) groups excluding carboxylic acids is 4. The van der Waals surface area contributed by atoms with Crippen molar-refractivity contribution in [2.45, 2.75) is 38.2 Å². The lowest BCUT2D eigenvalue weighted by atomic mass is 9.91. The minimum atomic E-state index is -1.73. The van der Waals surface area contributed by atoms with Gasteiger partial charge in [-0.2, -0.15) is 0 Å². The average Bonchev–Trinajstić information content (AvgIpc) is 3.14. The number of fused-ring (bicyclic) bond motifs is 1. The molecule has 1 saturated heterocycles. The van der Waals surface area contributed by atoms with E-state index >= 15 is 0 Å². The third-order valence-electron chi connectivity index (χ3n) is 7.99. The van der Waals surface area contributed by atoms with Crippen molar-refractivity contribution in [1.82, 2.24) is 10.2 Å². The topological polar surface area (TPSA) is 230 Å². The van der Waals surface area contributed by atoms with Crippen molar-refractivity contribution in [3.8, 4) is 0 Å². The third kappa shape index (κ3) is 9.82. The number of ether oxygens (including phenoxy) is 4. The van der Waals surface area contributed by atoms with E-state index < -0.39 is 62.5 Å². The number of hydrogen-bond donors (Lipinski definition) is 1. The lowest BCUT2D eigenvalue weighted by Crippen LogP contribution is -2.69. The smallest absolute Gasteiger partial charge is 0.508 e. The maximum atomic E-state index is 13.6. The molecule has 0 aliphatic carbocycles. The van der Waals surface area contributed by atoms with E-state index in [-0.39, 0.29) is 54.9 Å². The molecule has 19 heteroatoms. The fourth-order valence-corrected chi connectivity index (χ4v) is 8.45. The lowest BCUT2D eigenvalue weighted by Gasteiger charge is -2.50. The monoisotopic (exact) mass is 768 g/mol. The molecule has 5 rings (SSSR count). The largest absolute Gasteiger partial charge is 0.614 e. The summed E-state index contributed by atoms with van der Waals surface area (Å²) in [6, 6.07) is 19.7. The summed E-state index contributed by atoms with van der Waals surface area (Å²) >= 11 is -0.623. The van der Waals surface area contributed by atoms with Crippen LogP contribution in [0, 0.1) is 26.1 Å². The summed E-state index contributed by atoms with van der Waals surface area (Å²) < 4.78 is 34.7. The van der Waals surface area contributed by atoms with Gasteiger partial charge in [0.15, 0.2) is 0 Å². The number of nitro groups is 2. The van der Waals surface area contributed by atoms with Gasteiger partial charge in [0, 0.05) is 36.6 Å². The number of amides is 2. The highest BCUT2D eigenvalue weighted by atomic mass is 32.2. The first kappa shape index (κ1) is 38.6. The molecule has 4 atom stereocenters. The molecule has 3 aromatic carbocycles. The van der Waals surface area contributed by atoms with Crippen LogP contribution in [0.2, 0.25) is 0 Å². The Morgan fingerprint density at radius 2 is 1.42 bits per heavy atom. The Morgan fingerprint density at radius 3 is 2.00 bits per heavy atom. The molecule has 0 radical (unpaired) electrons. The first-order valence-electron chi connectivity index (χ1n) is 15.9. The van der Waals surface area contributed by atoms with Crippen LogP contribution in [0.4, 0.5) is 21.0 Å². The molecular formula is C34H32N4O13S2. The molecule has 2 amide bonds. The van der Waals surface area contributed by atoms with Gasteiger partial charge in [0.05, 0.1) is 14.8 Å². The van der Waals surface area contributed by atoms with Gasteiger partial charge in [-0.3, -0.25) is 29.9 Å². The zero-order chi connectivity index (χ0) is 38.1. The number of rotatable bonds is 15. The highest BCUT2D eigenvalue weighted by Gasteiger charge is 2.63. The van der Waals surface area contributed by atoms with Crippen LogP contribution < -0.4 is 5.32 Å². The molecule has 278 valence electrons. The predicted octanol–water partition coefficient (Wildman–Crippen LogP) is 4.71. The van der Waals surface area contributed by atoms with Crippen LogP contribution in [0.3, 0.4) is 0 Å². The van der Waals surface area contributed by atoms with Gasteiger partial charge >= 0.3 is 18.2 Å². The highest BCUT2D eigenvalue weighted by molar-refractivity contribution is 8.04. The minimum Gasteiger partial charge on any atom is -0.614 e. The van der Waals surface area contributed by atoms with Gasteiger partial charge in [-0.05, 0) is 59.1 Å². The first-order valence-corrected chi connectivity index (χ1v) is 18.3. The standard InChI is InChI=1S/C34H32N4O13S2/c1-21(51-34(42)50-19-24-9-13-26(14-10-24)38(45)46)28-30(39)36-29(32(40)48-17-22-5-3-2-4-6-22)27(20-53(47)31(28)36)52-16-15-35-33(41)49-18-23-7-11-25(12-8-23)37(43)44/h2-14,21,28,31H,15-20H2,1H3,(H,35,41)/t21?,28-,31-,53?/m0/s1. The van der Waals surface area contributed by atoms with Crippen LogP contribution in [0.1, 0.15) is 23.6 Å². The summed E-state index contributed by atoms with van der Waals surface area (Å²) in [6.07, 6.45) is -2.96. The number of β-lactam (4-membered cyclic amide) rings is 1. The minimum absolute atomic E-state index is 0.0686. The Hall–Kier alpha value is -5.66. The normalized spacial score (nSPS) is 18.2. The molecular weight excluding hydrogens is 737 g/mol. The number of carbonyl (C=O) groups is 4. The molecule has 2 aliphatic rings. The van der Waals surface area contributed by atoms with E-state index in [2.05, 4.69) is 5.32 Å². The molecule has 1 fully saturated rings. The fraction of sp³-hybridized carbons (Fsp3) is 0.294. The van der Waals surface area contributed by atoms with Crippen LogP contribution in [0.25, 0.3) is 0 Å². The number of esters is 1. The van der Waals surface area contributed by atoms with Gasteiger partial charge < -0.3 is 28.8 Å². The van der Waals surface area contributed by atoms with Gasteiger partial charge in [0.2, 0.25) is 11.3 Å². The van der Waals surface area contributed by atoms with Crippen LogP contribution in [-0.4, -0.2) is 73.0 Å². The molecule has 17 nitrogen and oxygen atoms in total. The molecule has 2 heterocycles. The molecule has 0 saturated carbocycles. The van der Waals surface area contributed by atoms with Crippen LogP contribution in [0.15, 0.2) is 89.5 Å². The molecule has 53 heavy (non-hydrogen) atoms. The number of nitrogens with zero attached hydrogens (tertiary/aromatic N) is 3. The van der Waals surface area contributed by atoms with Crippen molar-refractivity contribution < 1.29 is 52.5 Å². The van der Waals surface area contributed by atoms with Gasteiger partial charge in [0.1, 0.15) is 43.3 Å². The summed E-state index contributed by atoms with van der Waals surface area (Å²) in [5.41, 5.74) is 1.38. The zero-order valence-electron chi connectivity index (χ0n) is 27.9. The van der Waals surface area contributed by atoms with E-state index in [0.29, 0.717) is 21.6 Å². The van der Waals surface area contributed by atoms with Crippen molar-refractivity contribution in [2.24, 2.45) is 5.92 Å². The number of benzene rings is 3. The third-order valence-corrected chi connectivity index (χ3v) is 10.9. The Labute approximate surface area is 309 Å². The van der Waals surface area contributed by atoms with E-state index in [4.69, 9.17) is 18.9 Å². The number of non-ortho nitro benzene ring substituents is 2. The van der Waals surface area contributed by atoms with Crippen LogP contribution in [0.5, 0.6) is 0 Å². The summed E-state index contributed by atoms with van der Waals surface area (Å²) in [6.45, 7) is 1.04. The number of thioether (sulfide) groups is 1. The van der Waals surface area contributed by atoms with Crippen molar-refractivity contribution in [3.63, 3.8) is 0 Å². The molecule has 0 spiro atoms. The molecule has 0 aromatic heterocycles. The number of nitrogens with one attached hydrogen (secondary N) is 1. The Morgan fingerprint density at radius 1 is 0.868 bits per heavy atom. The fourth-order valence-electron chi connectivity index (χ4n) is 5.32. The van der Waals surface area contributed by atoms with E-state index in [0.717, 1.165) is 16.7 Å². The van der Waals surface area contributed by atoms with Crippen molar-refractivity contribution in [3.05, 3.63) is 126 Å². The summed E-state index contributed by atoms with van der Waals surface area (Å²) in [5.74, 6) is -2.41. The Bertz CT molecular complexity index is 1880. The molecule has 2 unspecified atom stereocenters.